The topological polar surface area (TPSA) is 103 Å². The van der Waals surface area contributed by atoms with Gasteiger partial charge in [0.1, 0.15) is 23.3 Å². The number of rotatable bonds is 7. The maximum atomic E-state index is 13.7. The molecule has 3 unspecified atom stereocenters. The fourth-order valence-electron chi connectivity index (χ4n) is 4.11. The summed E-state index contributed by atoms with van der Waals surface area (Å²) in [6, 6.07) is 6.33. The van der Waals surface area contributed by atoms with E-state index in [0.717, 1.165) is 0 Å². The van der Waals surface area contributed by atoms with E-state index in [-0.39, 0.29) is 11.5 Å². The summed E-state index contributed by atoms with van der Waals surface area (Å²) in [5, 5.41) is 2.83. The van der Waals surface area contributed by atoms with Crippen LogP contribution in [0.1, 0.15) is 59.9 Å². The second-order valence-corrected chi connectivity index (χ2v) is 9.70. The number of hydrogen-bond acceptors (Lipinski definition) is 7. The lowest BCUT2D eigenvalue weighted by Crippen LogP contribution is -2.49. The van der Waals surface area contributed by atoms with Crippen molar-refractivity contribution < 1.29 is 28.6 Å². The van der Waals surface area contributed by atoms with Gasteiger partial charge in [-0.25, -0.2) is 4.79 Å². The molecule has 2 rings (SSSR count). The second kappa shape index (κ2) is 10.8. The quantitative estimate of drug-likeness (QED) is 0.606. The van der Waals surface area contributed by atoms with Crippen LogP contribution in [0.4, 0.5) is 0 Å². The number of amides is 1. The molecule has 0 saturated carbocycles. The molecule has 1 aromatic rings. The first kappa shape index (κ1) is 27.1. The predicted molar refractivity (Wildman–Crippen MR) is 130 cm³/mol. The molecule has 1 amide bonds. The molecule has 0 aromatic heterocycles. The van der Waals surface area contributed by atoms with Gasteiger partial charge < -0.3 is 19.5 Å². The average Bonchev–Trinajstić information content (AvgIpc) is 2.74. The zero-order valence-corrected chi connectivity index (χ0v) is 21.5. The maximum absolute atomic E-state index is 13.7. The van der Waals surface area contributed by atoms with Gasteiger partial charge in [-0.3, -0.25) is 14.6 Å². The molecule has 1 N–H and O–H groups in total. The summed E-state index contributed by atoms with van der Waals surface area (Å²) in [4.78, 5) is 43.9. The van der Waals surface area contributed by atoms with Crippen LogP contribution in [0.5, 0.6) is 5.75 Å². The van der Waals surface area contributed by atoms with Crippen LogP contribution >= 0.6 is 0 Å². The largest absolute Gasteiger partial charge is 0.496 e. The molecule has 34 heavy (non-hydrogen) atoms. The molecule has 1 aliphatic heterocycles. The summed E-state index contributed by atoms with van der Waals surface area (Å²) in [7, 11) is 2.83. The second-order valence-electron chi connectivity index (χ2n) is 9.70. The number of methoxy groups -OCH3 is 2. The van der Waals surface area contributed by atoms with Crippen LogP contribution in [0.3, 0.4) is 0 Å². The Labute approximate surface area is 201 Å². The lowest BCUT2D eigenvalue weighted by molar-refractivity contribution is -0.159. The van der Waals surface area contributed by atoms with Crippen LogP contribution in [-0.2, 0) is 23.9 Å². The highest BCUT2D eigenvalue weighted by Gasteiger charge is 2.43. The van der Waals surface area contributed by atoms with Gasteiger partial charge in [-0.2, -0.15) is 0 Å². The van der Waals surface area contributed by atoms with Crippen molar-refractivity contribution in [3.8, 4) is 5.75 Å². The summed E-state index contributed by atoms with van der Waals surface area (Å²) in [5.41, 5.74) is 1.21. The Morgan fingerprint density at radius 3 is 2.21 bits per heavy atom. The van der Waals surface area contributed by atoms with Crippen LogP contribution in [-0.4, -0.2) is 49.4 Å². The molecule has 0 radical (unpaired) electrons. The van der Waals surface area contributed by atoms with E-state index >= 15 is 0 Å². The third kappa shape index (κ3) is 6.04. The van der Waals surface area contributed by atoms with Crippen molar-refractivity contribution in [3.05, 3.63) is 41.1 Å². The SMILES string of the molecule is COC(=O)C1C(C)=NC(C)=C(C(=O)NC(C(=O)OC(C)(C)C)C(C)C)C1c1ccccc1OC. The minimum absolute atomic E-state index is 0.227. The normalized spacial score (nSPS) is 19.3. The van der Waals surface area contributed by atoms with Crippen molar-refractivity contribution in [2.24, 2.45) is 16.8 Å². The van der Waals surface area contributed by atoms with Crippen LogP contribution in [0.2, 0.25) is 0 Å². The highest BCUT2D eigenvalue weighted by atomic mass is 16.6. The smallest absolute Gasteiger partial charge is 0.329 e. The molecule has 0 bridgehead atoms. The third-order valence-corrected chi connectivity index (χ3v) is 5.62. The molecule has 186 valence electrons. The molecule has 0 spiro atoms. The molecule has 0 fully saturated rings. The summed E-state index contributed by atoms with van der Waals surface area (Å²) in [6.07, 6.45) is 0. The number of esters is 2. The van der Waals surface area contributed by atoms with Crippen molar-refractivity contribution in [3.63, 3.8) is 0 Å². The van der Waals surface area contributed by atoms with Crippen molar-refractivity contribution in [1.29, 1.82) is 0 Å². The first-order valence-corrected chi connectivity index (χ1v) is 11.3. The van der Waals surface area contributed by atoms with E-state index in [0.29, 0.717) is 22.7 Å². The number of aliphatic imine (C=N–C) groups is 1. The number of allylic oxidation sites excluding steroid dienone is 1. The van der Waals surface area contributed by atoms with Crippen molar-refractivity contribution in [2.75, 3.05) is 14.2 Å². The molecule has 1 heterocycles. The van der Waals surface area contributed by atoms with Gasteiger partial charge >= 0.3 is 11.9 Å². The number of nitrogens with zero attached hydrogens (tertiary/aromatic N) is 1. The highest BCUT2D eigenvalue weighted by molar-refractivity contribution is 6.08. The van der Waals surface area contributed by atoms with Crippen LogP contribution in [0.15, 0.2) is 40.5 Å². The summed E-state index contributed by atoms with van der Waals surface area (Å²) >= 11 is 0. The van der Waals surface area contributed by atoms with Crippen molar-refractivity contribution in [2.45, 2.75) is 66.0 Å². The van der Waals surface area contributed by atoms with E-state index in [9.17, 15) is 14.4 Å². The lowest BCUT2D eigenvalue weighted by Gasteiger charge is -2.33. The fraction of sp³-hybridized carbons (Fsp3) is 0.538. The predicted octanol–water partition coefficient (Wildman–Crippen LogP) is 3.80. The summed E-state index contributed by atoms with van der Waals surface area (Å²) < 4.78 is 16.1. The maximum Gasteiger partial charge on any atom is 0.329 e. The average molecular weight is 473 g/mol. The van der Waals surface area contributed by atoms with E-state index in [1.807, 2.05) is 32.0 Å². The number of carbonyl (C=O) groups is 3. The Hall–Kier alpha value is -3.16. The minimum atomic E-state index is -0.881. The molecular weight excluding hydrogens is 436 g/mol. The molecule has 8 nitrogen and oxygen atoms in total. The van der Waals surface area contributed by atoms with Gasteiger partial charge in [0, 0.05) is 28.5 Å². The van der Waals surface area contributed by atoms with E-state index in [1.165, 1.54) is 14.2 Å². The van der Waals surface area contributed by atoms with Crippen molar-refractivity contribution in [1.82, 2.24) is 5.32 Å². The van der Waals surface area contributed by atoms with E-state index in [1.54, 1.807) is 40.7 Å². The molecule has 0 saturated heterocycles. The number of hydrogen-bond donors (Lipinski definition) is 1. The number of carbonyl (C=O) groups excluding carboxylic acids is 3. The molecule has 3 atom stereocenters. The van der Waals surface area contributed by atoms with Gasteiger partial charge in [0.2, 0.25) is 5.91 Å². The zero-order chi connectivity index (χ0) is 25.8. The minimum Gasteiger partial charge on any atom is -0.496 e. The number of benzene rings is 1. The Morgan fingerprint density at radius 2 is 1.68 bits per heavy atom. The Morgan fingerprint density at radius 1 is 1.06 bits per heavy atom. The third-order valence-electron chi connectivity index (χ3n) is 5.62. The number of para-hydroxylation sites is 1. The first-order valence-electron chi connectivity index (χ1n) is 11.3. The Bertz CT molecular complexity index is 1000. The monoisotopic (exact) mass is 472 g/mol. The van der Waals surface area contributed by atoms with E-state index in [4.69, 9.17) is 14.2 Å². The Balaban J connectivity index is 2.60. The standard InChI is InChI=1S/C26H36N2O6/c1-14(2)22(25(31)34-26(5,6)7)28-23(29)19-15(3)27-16(4)20(24(30)33-9)21(19)17-12-10-11-13-18(17)32-8/h10-14,20-22H,1-9H3,(H,28,29). The van der Waals surface area contributed by atoms with Gasteiger partial charge in [-0.15, -0.1) is 0 Å². The molecule has 1 aliphatic rings. The van der Waals surface area contributed by atoms with Crippen LogP contribution in [0.25, 0.3) is 0 Å². The molecular formula is C26H36N2O6. The first-order chi connectivity index (χ1) is 15.8. The van der Waals surface area contributed by atoms with Gasteiger partial charge in [-0.05, 0) is 46.6 Å². The summed E-state index contributed by atoms with van der Waals surface area (Å²) in [5.74, 6) is -2.78. The van der Waals surface area contributed by atoms with E-state index < -0.39 is 41.3 Å². The lowest BCUT2D eigenvalue weighted by atomic mass is 9.75. The summed E-state index contributed by atoms with van der Waals surface area (Å²) in [6.45, 7) is 12.4. The van der Waals surface area contributed by atoms with Gasteiger partial charge in [0.15, 0.2) is 0 Å². The fourth-order valence-corrected chi connectivity index (χ4v) is 4.11. The molecule has 1 aromatic carbocycles. The Kier molecular flexibility index (Phi) is 8.64. The number of ether oxygens (including phenoxy) is 3. The van der Waals surface area contributed by atoms with Crippen LogP contribution < -0.4 is 10.1 Å². The van der Waals surface area contributed by atoms with Crippen molar-refractivity contribution >= 4 is 23.6 Å². The zero-order valence-electron chi connectivity index (χ0n) is 21.5. The van der Waals surface area contributed by atoms with Crippen LogP contribution in [0, 0.1) is 11.8 Å². The van der Waals surface area contributed by atoms with Gasteiger partial charge in [-0.1, -0.05) is 32.0 Å². The highest BCUT2D eigenvalue weighted by Crippen LogP contribution is 2.43. The molecule has 0 aliphatic carbocycles. The van der Waals surface area contributed by atoms with Gasteiger partial charge in [0.25, 0.3) is 0 Å². The van der Waals surface area contributed by atoms with Gasteiger partial charge in [0.05, 0.1) is 14.2 Å². The molecule has 8 heteroatoms. The number of nitrogens with one attached hydrogen (secondary N) is 1. The van der Waals surface area contributed by atoms with E-state index in [2.05, 4.69) is 10.3 Å².